The van der Waals surface area contributed by atoms with E-state index in [1.54, 1.807) is 0 Å². The summed E-state index contributed by atoms with van der Waals surface area (Å²) < 4.78 is 11.6. The number of nitrogens with one attached hydrogen (secondary N) is 1. The summed E-state index contributed by atoms with van der Waals surface area (Å²) in [5.74, 6) is 0.974. The van der Waals surface area contributed by atoms with Crippen molar-refractivity contribution in [1.82, 2.24) is 15.1 Å². The number of nitrogens with zero attached hydrogens (tertiary/aromatic N) is 2. The number of piperidine rings is 1. The van der Waals surface area contributed by atoms with Gasteiger partial charge in [0.25, 0.3) is 5.91 Å². The largest absolute Gasteiger partial charge is 0.489 e. The molecule has 170 valence electrons. The minimum Gasteiger partial charge on any atom is -0.489 e. The summed E-state index contributed by atoms with van der Waals surface area (Å²) in [6.07, 6.45) is 3.25. The summed E-state index contributed by atoms with van der Waals surface area (Å²) >= 11 is 0. The zero-order valence-corrected chi connectivity index (χ0v) is 18.7. The van der Waals surface area contributed by atoms with E-state index in [-0.39, 0.29) is 11.9 Å². The number of hydrogen-bond donors (Lipinski definition) is 1. The molecule has 2 aromatic carbocycles. The van der Waals surface area contributed by atoms with Gasteiger partial charge in [0.15, 0.2) is 0 Å². The molecule has 0 aliphatic carbocycles. The first kappa shape index (κ1) is 21.4. The number of fused-ring (bicyclic) bond motifs is 1. The Hall–Kier alpha value is -2.41. The molecule has 2 saturated heterocycles. The molecule has 32 heavy (non-hydrogen) atoms. The summed E-state index contributed by atoms with van der Waals surface area (Å²) in [6, 6.07) is 14.9. The number of morpholine rings is 1. The third-order valence-electron chi connectivity index (χ3n) is 6.90. The van der Waals surface area contributed by atoms with Crippen LogP contribution in [0.2, 0.25) is 0 Å². The first-order valence-corrected chi connectivity index (χ1v) is 11.9. The third kappa shape index (κ3) is 4.82. The Morgan fingerprint density at radius 3 is 2.66 bits per heavy atom. The molecule has 3 heterocycles. The second kappa shape index (κ2) is 10.0. The van der Waals surface area contributed by atoms with Crippen LogP contribution in [0, 0.1) is 0 Å². The van der Waals surface area contributed by atoms with Crippen LogP contribution in [0.4, 0.5) is 0 Å². The van der Waals surface area contributed by atoms with Gasteiger partial charge in [0.2, 0.25) is 0 Å². The van der Waals surface area contributed by atoms with Gasteiger partial charge in [-0.15, -0.1) is 0 Å². The van der Waals surface area contributed by atoms with E-state index in [0.717, 1.165) is 87.6 Å². The molecule has 2 aromatic rings. The molecule has 1 unspecified atom stereocenters. The van der Waals surface area contributed by atoms with Crippen molar-refractivity contribution in [3.63, 3.8) is 0 Å². The van der Waals surface area contributed by atoms with Crippen molar-refractivity contribution in [3.05, 3.63) is 64.7 Å². The van der Waals surface area contributed by atoms with Crippen LogP contribution in [0.5, 0.6) is 5.75 Å². The third-order valence-corrected chi connectivity index (χ3v) is 6.90. The number of benzene rings is 2. The van der Waals surface area contributed by atoms with E-state index in [9.17, 15) is 4.79 Å². The Morgan fingerprint density at radius 2 is 1.88 bits per heavy atom. The quantitative estimate of drug-likeness (QED) is 0.725. The van der Waals surface area contributed by atoms with Gasteiger partial charge in [-0.1, -0.05) is 30.3 Å². The highest BCUT2D eigenvalue weighted by atomic mass is 16.5. The first-order valence-electron chi connectivity index (χ1n) is 11.9. The van der Waals surface area contributed by atoms with Gasteiger partial charge in [-0.05, 0) is 49.1 Å². The summed E-state index contributed by atoms with van der Waals surface area (Å²) in [7, 11) is 0. The molecule has 5 rings (SSSR count). The molecule has 1 N–H and O–H groups in total. The van der Waals surface area contributed by atoms with Crippen LogP contribution in [0.1, 0.15) is 39.9 Å². The molecule has 6 nitrogen and oxygen atoms in total. The van der Waals surface area contributed by atoms with Crippen molar-refractivity contribution in [2.75, 3.05) is 45.9 Å². The topological polar surface area (TPSA) is 54.0 Å². The van der Waals surface area contributed by atoms with Crippen LogP contribution in [0.25, 0.3) is 0 Å². The molecule has 6 heteroatoms. The van der Waals surface area contributed by atoms with E-state index >= 15 is 0 Å². The molecule has 1 atom stereocenters. The number of amides is 1. The average Bonchev–Trinajstić information content (AvgIpc) is 3.20. The molecule has 0 bridgehead atoms. The Bertz CT molecular complexity index is 918. The molecular formula is C26H33N3O3. The summed E-state index contributed by atoms with van der Waals surface area (Å²) in [6.45, 7) is 7.93. The summed E-state index contributed by atoms with van der Waals surface area (Å²) in [5.41, 5.74) is 4.33. The number of hydrogen-bond acceptors (Lipinski definition) is 5. The lowest BCUT2D eigenvalue weighted by Gasteiger charge is -2.31. The van der Waals surface area contributed by atoms with Crippen molar-refractivity contribution in [1.29, 1.82) is 0 Å². The van der Waals surface area contributed by atoms with Crippen molar-refractivity contribution < 1.29 is 14.3 Å². The minimum atomic E-state index is 0.142. The summed E-state index contributed by atoms with van der Waals surface area (Å²) in [4.78, 5) is 17.5. The van der Waals surface area contributed by atoms with E-state index < -0.39 is 0 Å². The highest BCUT2D eigenvalue weighted by molar-refractivity contribution is 5.99. The van der Waals surface area contributed by atoms with Crippen molar-refractivity contribution >= 4 is 5.91 Å². The van der Waals surface area contributed by atoms with Gasteiger partial charge >= 0.3 is 0 Å². The molecule has 1 amide bonds. The normalized spacial score (nSPS) is 21.6. The van der Waals surface area contributed by atoms with E-state index in [1.165, 1.54) is 5.56 Å². The first-order chi connectivity index (χ1) is 15.8. The monoisotopic (exact) mass is 435 g/mol. The second-order valence-corrected chi connectivity index (χ2v) is 9.02. The number of ether oxygens (including phenoxy) is 2. The maximum Gasteiger partial charge on any atom is 0.254 e. The van der Waals surface area contributed by atoms with E-state index in [0.29, 0.717) is 13.2 Å². The molecule has 0 radical (unpaired) electrons. The van der Waals surface area contributed by atoms with Gasteiger partial charge in [0.1, 0.15) is 12.4 Å². The Morgan fingerprint density at radius 1 is 1.06 bits per heavy atom. The van der Waals surface area contributed by atoms with Gasteiger partial charge in [-0.3, -0.25) is 9.69 Å². The van der Waals surface area contributed by atoms with Crippen molar-refractivity contribution in [2.24, 2.45) is 0 Å². The smallest absolute Gasteiger partial charge is 0.254 e. The van der Waals surface area contributed by atoms with Crippen LogP contribution >= 0.6 is 0 Å². The zero-order chi connectivity index (χ0) is 21.8. The Labute approximate surface area is 190 Å². The standard InChI is InChI=1S/C26H33N3O3/c30-26-23-4-1-5-25(24(23)18-29(26)22-3-2-11-27-17-22)32-19-21-8-6-20(7-9-21)10-12-28-13-15-31-16-14-28/h1,4-9,22,27H,2-3,10-19H2. The molecule has 2 fully saturated rings. The highest BCUT2D eigenvalue weighted by Crippen LogP contribution is 2.33. The van der Waals surface area contributed by atoms with Crippen LogP contribution in [-0.4, -0.2) is 67.7 Å². The van der Waals surface area contributed by atoms with Crippen LogP contribution < -0.4 is 10.1 Å². The molecule has 0 saturated carbocycles. The molecule has 3 aliphatic heterocycles. The lowest BCUT2D eigenvalue weighted by Crippen LogP contribution is -2.46. The zero-order valence-electron chi connectivity index (χ0n) is 18.7. The van der Waals surface area contributed by atoms with E-state index in [2.05, 4.69) is 34.5 Å². The fraction of sp³-hybridized carbons (Fsp3) is 0.500. The SMILES string of the molecule is O=C1c2cccc(OCc3ccc(CCN4CCOCC4)cc3)c2CN1C1CCCNC1. The van der Waals surface area contributed by atoms with Crippen LogP contribution in [-0.2, 0) is 24.3 Å². The number of carbonyl (C=O) groups excluding carboxylic acids is 1. The number of carbonyl (C=O) groups is 1. The van der Waals surface area contributed by atoms with Crippen LogP contribution in [0.3, 0.4) is 0 Å². The average molecular weight is 436 g/mol. The maximum atomic E-state index is 13.0. The fourth-order valence-electron chi connectivity index (χ4n) is 4.93. The molecule has 3 aliphatic rings. The minimum absolute atomic E-state index is 0.142. The lowest BCUT2D eigenvalue weighted by molar-refractivity contribution is 0.0384. The van der Waals surface area contributed by atoms with E-state index in [1.807, 2.05) is 23.1 Å². The van der Waals surface area contributed by atoms with Crippen molar-refractivity contribution in [2.45, 2.75) is 38.5 Å². The highest BCUT2D eigenvalue weighted by Gasteiger charge is 2.35. The second-order valence-electron chi connectivity index (χ2n) is 9.02. The predicted molar refractivity (Wildman–Crippen MR) is 124 cm³/mol. The molecule has 0 aromatic heterocycles. The van der Waals surface area contributed by atoms with E-state index in [4.69, 9.17) is 9.47 Å². The summed E-state index contributed by atoms with van der Waals surface area (Å²) in [5, 5.41) is 3.42. The van der Waals surface area contributed by atoms with Gasteiger partial charge in [-0.2, -0.15) is 0 Å². The molecule has 0 spiro atoms. The predicted octanol–water partition coefficient (Wildman–Crippen LogP) is 2.85. The maximum absolute atomic E-state index is 13.0. The van der Waals surface area contributed by atoms with Gasteiger partial charge in [0, 0.05) is 43.3 Å². The van der Waals surface area contributed by atoms with Gasteiger partial charge in [-0.25, -0.2) is 0 Å². The fourth-order valence-corrected chi connectivity index (χ4v) is 4.93. The Balaban J connectivity index is 1.18. The number of rotatable bonds is 7. The van der Waals surface area contributed by atoms with Crippen molar-refractivity contribution in [3.8, 4) is 5.75 Å². The Kier molecular flexibility index (Phi) is 6.72. The van der Waals surface area contributed by atoms with Crippen LogP contribution in [0.15, 0.2) is 42.5 Å². The van der Waals surface area contributed by atoms with Gasteiger partial charge < -0.3 is 19.7 Å². The molecular weight excluding hydrogens is 402 g/mol. The van der Waals surface area contributed by atoms with Gasteiger partial charge in [0.05, 0.1) is 19.8 Å². The lowest BCUT2D eigenvalue weighted by atomic mass is 10.1.